The zero-order valence-corrected chi connectivity index (χ0v) is 21.7. The van der Waals surface area contributed by atoms with E-state index in [1.165, 1.54) is 11.1 Å². The SMILES string of the molecule is CC(C)P(C1=Cc2ccccc2[CH]1[Zr+2][CH]1C=Cc2ccccc21)C(C)C.[Cl-].[Cl-]. The van der Waals surface area contributed by atoms with Gasteiger partial charge >= 0.3 is 172 Å². The van der Waals surface area contributed by atoms with Gasteiger partial charge in [-0.3, -0.25) is 0 Å². The van der Waals surface area contributed by atoms with Gasteiger partial charge in [0.1, 0.15) is 0 Å². The molecule has 0 fully saturated rings. The Morgan fingerprint density at radius 2 is 1.36 bits per heavy atom. The molecular formula is C24H27Cl2PZr. The van der Waals surface area contributed by atoms with Crippen molar-refractivity contribution in [3.05, 3.63) is 82.2 Å². The van der Waals surface area contributed by atoms with Crippen molar-refractivity contribution >= 4 is 20.1 Å². The maximum atomic E-state index is 2.58. The van der Waals surface area contributed by atoms with Crippen molar-refractivity contribution in [2.75, 3.05) is 0 Å². The standard InChI is InChI=1S/C15H20P.C9H7.2ClH.Zr/c1-11(2)16(12(3)4)15-9-13-7-5-6-8-14(13)10-15;1-2-5-9-7-3-6-8(9)4-1;;;/h5-12H,1-4H3;1-7H;2*1H;/q;;;;+2/p-2. The van der Waals surface area contributed by atoms with Crippen LogP contribution in [0.2, 0.25) is 0 Å². The van der Waals surface area contributed by atoms with Crippen molar-refractivity contribution in [3.63, 3.8) is 0 Å². The molecule has 0 saturated heterocycles. The number of hydrogen-bond donors (Lipinski definition) is 0. The molecule has 0 aliphatic heterocycles. The van der Waals surface area contributed by atoms with Gasteiger partial charge in [0.05, 0.1) is 0 Å². The summed E-state index contributed by atoms with van der Waals surface area (Å²) < 4.78 is 1.46. The molecule has 4 rings (SSSR count). The first-order valence-corrected chi connectivity index (χ1v) is 14.0. The summed E-state index contributed by atoms with van der Waals surface area (Å²) in [6.45, 7) is 9.73. The third-order valence-corrected chi connectivity index (χ3v) is 13.7. The van der Waals surface area contributed by atoms with Crippen LogP contribution in [-0.2, 0) is 23.2 Å². The van der Waals surface area contributed by atoms with E-state index in [0.717, 1.165) is 14.9 Å². The van der Waals surface area contributed by atoms with Crippen LogP contribution in [0.4, 0.5) is 0 Å². The Hall–Kier alpha value is -0.187. The number of allylic oxidation sites excluding steroid dienone is 2. The molecule has 2 aromatic carbocycles. The smallest absolute Gasteiger partial charge is 1.00 e. The van der Waals surface area contributed by atoms with Crippen molar-refractivity contribution in [1.29, 1.82) is 0 Å². The van der Waals surface area contributed by atoms with Crippen LogP contribution in [0, 0.1) is 0 Å². The van der Waals surface area contributed by atoms with Gasteiger partial charge in [-0.15, -0.1) is 0 Å². The summed E-state index contributed by atoms with van der Waals surface area (Å²) in [6.07, 6.45) is 7.44. The fourth-order valence-corrected chi connectivity index (χ4v) is 13.3. The van der Waals surface area contributed by atoms with Crippen molar-refractivity contribution in [3.8, 4) is 0 Å². The Labute approximate surface area is 195 Å². The summed E-state index contributed by atoms with van der Waals surface area (Å²) >= 11 is -0.693. The van der Waals surface area contributed by atoms with Crippen LogP contribution < -0.4 is 24.8 Å². The fourth-order valence-electron chi connectivity index (χ4n) is 4.47. The van der Waals surface area contributed by atoms with E-state index in [2.05, 4.69) is 94.5 Å². The molecule has 28 heavy (non-hydrogen) atoms. The molecule has 2 aliphatic rings. The first-order valence-electron chi connectivity index (χ1n) is 9.68. The minimum Gasteiger partial charge on any atom is -1.00 e. The van der Waals surface area contributed by atoms with E-state index in [-0.39, 0.29) is 32.7 Å². The van der Waals surface area contributed by atoms with Gasteiger partial charge in [-0.2, -0.15) is 0 Å². The molecule has 0 heterocycles. The topological polar surface area (TPSA) is 0 Å². The van der Waals surface area contributed by atoms with Gasteiger partial charge in [-0.1, -0.05) is 0 Å². The average Bonchev–Trinajstić information content (AvgIpc) is 3.17. The summed E-state index contributed by atoms with van der Waals surface area (Å²) in [4.78, 5) is 0. The van der Waals surface area contributed by atoms with Gasteiger partial charge in [0.25, 0.3) is 0 Å². The van der Waals surface area contributed by atoms with Crippen molar-refractivity contribution in [2.45, 2.75) is 46.3 Å². The molecule has 0 bridgehead atoms. The zero-order chi connectivity index (χ0) is 18.3. The van der Waals surface area contributed by atoms with Crippen LogP contribution in [0.25, 0.3) is 12.2 Å². The van der Waals surface area contributed by atoms with Crippen LogP contribution >= 0.6 is 7.92 Å². The molecule has 0 spiro atoms. The Kier molecular flexibility index (Phi) is 8.79. The summed E-state index contributed by atoms with van der Waals surface area (Å²) in [5.41, 5.74) is 7.68. The van der Waals surface area contributed by atoms with E-state index in [1.807, 2.05) is 0 Å². The molecule has 4 heteroatoms. The van der Waals surface area contributed by atoms with E-state index >= 15 is 0 Å². The van der Waals surface area contributed by atoms with Crippen molar-refractivity contribution < 1.29 is 48.0 Å². The van der Waals surface area contributed by atoms with Gasteiger partial charge in [-0.05, 0) is 0 Å². The molecule has 2 aliphatic carbocycles. The van der Waals surface area contributed by atoms with Gasteiger partial charge < -0.3 is 24.8 Å². The number of hydrogen-bond acceptors (Lipinski definition) is 0. The second-order valence-electron chi connectivity index (χ2n) is 7.86. The largest absolute Gasteiger partial charge is 1.00 e. The van der Waals surface area contributed by atoms with Crippen LogP contribution in [-0.4, -0.2) is 11.3 Å². The third kappa shape index (κ3) is 4.59. The van der Waals surface area contributed by atoms with E-state index in [4.69, 9.17) is 0 Å². The first kappa shape index (κ1) is 24.1. The predicted molar refractivity (Wildman–Crippen MR) is 113 cm³/mol. The fraction of sp³-hybridized carbons (Fsp3) is 0.333. The summed E-state index contributed by atoms with van der Waals surface area (Å²) in [6, 6.07) is 18.2. The summed E-state index contributed by atoms with van der Waals surface area (Å²) in [7, 11) is -0.0734. The monoisotopic (exact) mass is 506 g/mol. The van der Waals surface area contributed by atoms with Gasteiger partial charge in [0.2, 0.25) is 0 Å². The van der Waals surface area contributed by atoms with Crippen molar-refractivity contribution in [1.82, 2.24) is 0 Å². The second-order valence-corrected chi connectivity index (χ2v) is 15.0. The molecule has 0 amide bonds. The van der Waals surface area contributed by atoms with E-state index in [1.54, 1.807) is 16.4 Å². The molecule has 0 aromatic heterocycles. The van der Waals surface area contributed by atoms with Crippen LogP contribution in [0.3, 0.4) is 0 Å². The second kappa shape index (κ2) is 10.2. The third-order valence-electron chi connectivity index (χ3n) is 5.46. The summed E-state index contributed by atoms with van der Waals surface area (Å²) in [5.74, 6) is 0. The molecular weight excluding hydrogens is 481 g/mol. The van der Waals surface area contributed by atoms with E-state index in [0.29, 0.717) is 3.63 Å². The average molecular weight is 509 g/mol. The molecule has 0 nitrogen and oxygen atoms in total. The van der Waals surface area contributed by atoms with Crippen LogP contribution in [0.15, 0.2) is 59.9 Å². The number of rotatable bonds is 5. The Bertz CT molecular complexity index is 864. The predicted octanol–water partition coefficient (Wildman–Crippen LogP) is 1.24. The number of fused-ring (bicyclic) bond motifs is 2. The molecule has 0 radical (unpaired) electrons. The first-order chi connectivity index (χ1) is 12.6. The van der Waals surface area contributed by atoms with E-state index in [9.17, 15) is 0 Å². The number of benzene rings is 2. The van der Waals surface area contributed by atoms with Crippen molar-refractivity contribution in [2.24, 2.45) is 0 Å². The summed E-state index contributed by atoms with van der Waals surface area (Å²) in [5, 5.41) is 1.80. The van der Waals surface area contributed by atoms with E-state index < -0.39 is 23.2 Å². The van der Waals surface area contributed by atoms with Gasteiger partial charge in [0, 0.05) is 0 Å². The Morgan fingerprint density at radius 3 is 2.00 bits per heavy atom. The molecule has 2 unspecified atom stereocenters. The molecule has 0 saturated carbocycles. The normalized spacial score (nSPS) is 19.0. The van der Waals surface area contributed by atoms with Gasteiger partial charge in [-0.25, -0.2) is 0 Å². The minimum absolute atomic E-state index is 0. The quantitative estimate of drug-likeness (QED) is 0.534. The zero-order valence-electron chi connectivity index (χ0n) is 16.9. The maximum Gasteiger partial charge on any atom is -1.00 e. The minimum atomic E-state index is -0.693. The maximum absolute atomic E-state index is 2.58. The van der Waals surface area contributed by atoms with Crippen LogP contribution in [0.1, 0.15) is 57.2 Å². The van der Waals surface area contributed by atoms with Crippen LogP contribution in [0.5, 0.6) is 0 Å². The molecule has 2 aromatic rings. The molecule has 146 valence electrons. The Morgan fingerprint density at radius 1 is 0.786 bits per heavy atom. The number of halogens is 2. The molecule has 2 atom stereocenters. The molecule has 0 N–H and O–H groups in total. The Balaban J connectivity index is 0.00000140. The van der Waals surface area contributed by atoms with Gasteiger partial charge in [0.15, 0.2) is 0 Å².